The van der Waals surface area contributed by atoms with Gasteiger partial charge >= 0.3 is 6.03 Å². The summed E-state index contributed by atoms with van der Waals surface area (Å²) in [6, 6.07) is 10.9. The highest BCUT2D eigenvalue weighted by Crippen LogP contribution is 2.36. The number of piperidine rings is 1. The van der Waals surface area contributed by atoms with E-state index < -0.39 is 0 Å². The van der Waals surface area contributed by atoms with Gasteiger partial charge in [0, 0.05) is 32.2 Å². The molecule has 0 radical (unpaired) electrons. The monoisotopic (exact) mass is 372 g/mol. The molecule has 1 atom stereocenters. The maximum atomic E-state index is 12.5. The van der Waals surface area contributed by atoms with Crippen LogP contribution in [0.1, 0.15) is 56.9 Å². The Morgan fingerprint density at radius 3 is 2.63 bits per heavy atom. The molecule has 4 rings (SSSR count). The van der Waals surface area contributed by atoms with Gasteiger partial charge in [0.05, 0.1) is 18.3 Å². The van der Waals surface area contributed by atoms with Crippen LogP contribution < -0.4 is 5.32 Å². The van der Waals surface area contributed by atoms with Crippen LogP contribution in [-0.4, -0.2) is 48.4 Å². The molecule has 0 aromatic heterocycles. The number of amides is 2. The fraction of sp³-hybridized carbons (Fsp3) is 0.682. The lowest BCUT2D eigenvalue weighted by Gasteiger charge is -2.46. The van der Waals surface area contributed by atoms with E-state index in [9.17, 15) is 4.79 Å². The highest BCUT2D eigenvalue weighted by molar-refractivity contribution is 5.74. The van der Waals surface area contributed by atoms with Gasteiger partial charge in [-0.2, -0.15) is 0 Å². The Balaban J connectivity index is 1.25. The predicted molar refractivity (Wildman–Crippen MR) is 105 cm³/mol. The van der Waals surface area contributed by atoms with Gasteiger partial charge < -0.3 is 19.7 Å². The van der Waals surface area contributed by atoms with Crippen molar-refractivity contribution in [2.45, 2.75) is 75.7 Å². The van der Waals surface area contributed by atoms with Gasteiger partial charge in [-0.05, 0) is 37.7 Å². The number of benzene rings is 1. The van der Waals surface area contributed by atoms with Crippen LogP contribution in [0.3, 0.4) is 0 Å². The molecular formula is C22H32N2O3. The number of ether oxygens (including phenoxy) is 2. The van der Waals surface area contributed by atoms with Crippen LogP contribution in [-0.2, 0) is 16.1 Å². The van der Waals surface area contributed by atoms with E-state index in [1.54, 1.807) is 0 Å². The number of hydrogen-bond acceptors (Lipinski definition) is 3. The first-order valence-electron chi connectivity index (χ1n) is 10.6. The zero-order valence-corrected chi connectivity index (χ0v) is 16.2. The summed E-state index contributed by atoms with van der Waals surface area (Å²) in [7, 11) is 0. The molecule has 5 nitrogen and oxygen atoms in total. The molecule has 2 heterocycles. The second kappa shape index (κ2) is 8.61. The summed E-state index contributed by atoms with van der Waals surface area (Å²) < 4.78 is 12.4. The second-order valence-corrected chi connectivity index (χ2v) is 8.36. The number of nitrogens with zero attached hydrogens (tertiary/aromatic N) is 1. The maximum absolute atomic E-state index is 12.5. The summed E-state index contributed by atoms with van der Waals surface area (Å²) in [5, 5.41) is 3.21. The van der Waals surface area contributed by atoms with Gasteiger partial charge in [-0.1, -0.05) is 43.2 Å². The van der Waals surface area contributed by atoms with Crippen molar-refractivity contribution in [2.24, 2.45) is 0 Å². The molecule has 1 spiro atoms. The molecule has 1 N–H and O–H groups in total. The van der Waals surface area contributed by atoms with E-state index in [1.807, 2.05) is 11.0 Å². The van der Waals surface area contributed by atoms with Gasteiger partial charge in [0.2, 0.25) is 0 Å². The molecule has 1 saturated carbocycles. The smallest absolute Gasteiger partial charge is 0.317 e. The minimum atomic E-state index is -0.107. The first kappa shape index (κ1) is 18.8. The van der Waals surface area contributed by atoms with Gasteiger partial charge in [0.1, 0.15) is 0 Å². The van der Waals surface area contributed by atoms with E-state index in [-0.39, 0.29) is 17.7 Å². The van der Waals surface area contributed by atoms with Crippen molar-refractivity contribution >= 4 is 6.03 Å². The van der Waals surface area contributed by atoms with E-state index in [0.717, 1.165) is 58.2 Å². The van der Waals surface area contributed by atoms with Gasteiger partial charge in [-0.3, -0.25) is 0 Å². The molecule has 2 aliphatic heterocycles. The van der Waals surface area contributed by atoms with Crippen LogP contribution >= 0.6 is 0 Å². The fourth-order valence-corrected chi connectivity index (χ4v) is 4.72. The van der Waals surface area contributed by atoms with Crippen LogP contribution in [0, 0.1) is 0 Å². The molecule has 3 aliphatic rings. The fourth-order valence-electron chi connectivity index (χ4n) is 4.72. The van der Waals surface area contributed by atoms with Crippen molar-refractivity contribution in [3.05, 3.63) is 35.9 Å². The van der Waals surface area contributed by atoms with Gasteiger partial charge in [-0.15, -0.1) is 0 Å². The van der Waals surface area contributed by atoms with Crippen molar-refractivity contribution in [3.8, 4) is 0 Å². The largest absolute Gasteiger partial charge is 0.375 e. The molecule has 5 heteroatoms. The van der Waals surface area contributed by atoms with Gasteiger partial charge in [0.15, 0.2) is 0 Å². The lowest BCUT2D eigenvalue weighted by atomic mass is 9.83. The maximum Gasteiger partial charge on any atom is 0.317 e. The minimum Gasteiger partial charge on any atom is -0.375 e. The summed E-state index contributed by atoms with van der Waals surface area (Å²) in [4.78, 5) is 14.5. The first-order valence-corrected chi connectivity index (χ1v) is 10.6. The number of carbonyl (C=O) groups excluding carboxylic acids is 1. The molecule has 1 unspecified atom stereocenters. The third kappa shape index (κ3) is 4.82. The molecular weight excluding hydrogens is 340 g/mol. The summed E-state index contributed by atoms with van der Waals surface area (Å²) in [5.41, 5.74) is 1.11. The lowest BCUT2D eigenvalue weighted by molar-refractivity contribution is -0.154. The lowest BCUT2D eigenvalue weighted by Crippen LogP contribution is -2.54. The van der Waals surface area contributed by atoms with E-state index in [2.05, 4.69) is 29.6 Å². The Morgan fingerprint density at radius 2 is 1.89 bits per heavy atom. The Labute approximate surface area is 162 Å². The Hall–Kier alpha value is -1.59. The topological polar surface area (TPSA) is 50.8 Å². The van der Waals surface area contributed by atoms with E-state index in [4.69, 9.17) is 9.47 Å². The summed E-state index contributed by atoms with van der Waals surface area (Å²) in [6.45, 7) is 2.99. The van der Waals surface area contributed by atoms with Crippen LogP contribution in [0.15, 0.2) is 30.3 Å². The zero-order valence-electron chi connectivity index (χ0n) is 16.2. The molecule has 1 aromatic carbocycles. The third-order valence-electron chi connectivity index (χ3n) is 6.42. The summed E-state index contributed by atoms with van der Waals surface area (Å²) in [6.07, 6.45) is 8.72. The number of nitrogens with one attached hydrogen (secondary N) is 1. The van der Waals surface area contributed by atoms with Crippen molar-refractivity contribution in [2.75, 3.05) is 19.7 Å². The van der Waals surface area contributed by atoms with Crippen molar-refractivity contribution < 1.29 is 14.3 Å². The second-order valence-electron chi connectivity index (χ2n) is 8.36. The number of urea groups is 1. The number of likely N-dealkylation sites (tertiary alicyclic amines) is 1. The number of rotatable bonds is 4. The standard InChI is InChI=1S/C22H32N2O3/c25-21(23-19-8-4-5-9-19)24-13-11-22(12-14-24)16-20(10-15-27-22)26-17-18-6-2-1-3-7-18/h1-3,6-7,19-20H,4-5,8-17H2,(H,23,25). The first-order chi connectivity index (χ1) is 13.2. The average molecular weight is 373 g/mol. The summed E-state index contributed by atoms with van der Waals surface area (Å²) in [5.74, 6) is 0. The van der Waals surface area contributed by atoms with Crippen LogP contribution in [0.4, 0.5) is 4.79 Å². The molecule has 2 saturated heterocycles. The number of hydrogen-bond donors (Lipinski definition) is 1. The Bertz CT molecular complexity index is 607. The van der Waals surface area contributed by atoms with Crippen LogP contribution in [0.5, 0.6) is 0 Å². The normalized spacial score (nSPS) is 25.6. The van der Waals surface area contributed by atoms with E-state index >= 15 is 0 Å². The van der Waals surface area contributed by atoms with Gasteiger partial charge in [0.25, 0.3) is 0 Å². The quantitative estimate of drug-likeness (QED) is 0.873. The molecule has 1 aromatic rings. The highest BCUT2D eigenvalue weighted by Gasteiger charge is 2.41. The van der Waals surface area contributed by atoms with Crippen molar-refractivity contribution in [1.82, 2.24) is 10.2 Å². The van der Waals surface area contributed by atoms with Crippen LogP contribution in [0.2, 0.25) is 0 Å². The average Bonchev–Trinajstić information content (AvgIpc) is 3.21. The van der Waals surface area contributed by atoms with E-state index in [0.29, 0.717) is 12.6 Å². The predicted octanol–water partition coefficient (Wildman–Crippen LogP) is 3.87. The molecule has 1 aliphatic carbocycles. The molecule has 3 fully saturated rings. The third-order valence-corrected chi connectivity index (χ3v) is 6.42. The van der Waals surface area contributed by atoms with Gasteiger partial charge in [-0.25, -0.2) is 4.79 Å². The molecule has 148 valence electrons. The van der Waals surface area contributed by atoms with Crippen LogP contribution in [0.25, 0.3) is 0 Å². The Kier molecular flexibility index (Phi) is 5.98. The minimum absolute atomic E-state index is 0.107. The zero-order chi connectivity index (χ0) is 18.5. The molecule has 2 amide bonds. The number of carbonyl (C=O) groups is 1. The molecule has 0 bridgehead atoms. The SMILES string of the molecule is O=C(NC1CCCC1)N1CCC2(CC1)CC(OCc1ccccc1)CCO2. The summed E-state index contributed by atoms with van der Waals surface area (Å²) >= 11 is 0. The molecule has 27 heavy (non-hydrogen) atoms. The highest BCUT2D eigenvalue weighted by atomic mass is 16.5. The van der Waals surface area contributed by atoms with E-state index in [1.165, 1.54) is 18.4 Å². The Morgan fingerprint density at radius 1 is 1.15 bits per heavy atom. The van der Waals surface area contributed by atoms with Crippen molar-refractivity contribution in [1.29, 1.82) is 0 Å². The van der Waals surface area contributed by atoms with Crippen molar-refractivity contribution in [3.63, 3.8) is 0 Å².